The van der Waals surface area contributed by atoms with Gasteiger partial charge in [0.15, 0.2) is 5.78 Å². The van der Waals surface area contributed by atoms with Crippen molar-refractivity contribution in [2.45, 2.75) is 71.1 Å². The molecule has 0 aliphatic heterocycles. The Labute approximate surface area is 136 Å². The van der Waals surface area contributed by atoms with E-state index in [1.807, 2.05) is 24.3 Å². The van der Waals surface area contributed by atoms with Gasteiger partial charge in [0.2, 0.25) is 0 Å². The molecule has 0 unspecified atom stereocenters. The second-order valence-electron chi connectivity index (χ2n) is 5.85. The van der Waals surface area contributed by atoms with Gasteiger partial charge in [-0.1, -0.05) is 70.9 Å². The molecular weight excluding hydrogens is 272 g/mol. The molecule has 0 heterocycles. The highest BCUT2D eigenvalue weighted by Crippen LogP contribution is 2.21. The van der Waals surface area contributed by atoms with Gasteiger partial charge in [0.1, 0.15) is 5.75 Å². The molecule has 0 bridgehead atoms. The van der Waals surface area contributed by atoms with Crippen molar-refractivity contribution in [3.05, 3.63) is 36.8 Å². The molecule has 1 radical (unpaired) electrons. The number of ether oxygens (including phenoxy) is 1. The third-order valence-electron chi connectivity index (χ3n) is 3.85. The molecule has 0 saturated carbocycles. The Kier molecular flexibility index (Phi) is 10.4. The van der Waals surface area contributed by atoms with Crippen molar-refractivity contribution in [2.75, 3.05) is 6.61 Å². The fourth-order valence-corrected chi connectivity index (χ4v) is 2.48. The maximum atomic E-state index is 12.2. The fraction of sp³-hybridized carbons (Fsp3) is 0.600. The summed E-state index contributed by atoms with van der Waals surface area (Å²) in [6.07, 6.45) is 10.9. The number of para-hydroxylation sites is 1. The smallest absolute Gasteiger partial charge is 0.166 e. The van der Waals surface area contributed by atoms with E-state index in [1.54, 1.807) is 0 Å². The minimum atomic E-state index is 0.187. The number of hydrogen-bond donors (Lipinski definition) is 0. The van der Waals surface area contributed by atoms with Gasteiger partial charge in [0.05, 0.1) is 12.2 Å². The van der Waals surface area contributed by atoms with Crippen molar-refractivity contribution in [3.63, 3.8) is 0 Å². The summed E-state index contributed by atoms with van der Waals surface area (Å²) in [5, 5.41) is 0. The SMILES string of the molecule is [CH2]CCCCC(=O)c1ccccc1OCCCCCCCC. The Morgan fingerprint density at radius 2 is 1.73 bits per heavy atom. The zero-order valence-corrected chi connectivity index (χ0v) is 14.1. The molecule has 123 valence electrons. The van der Waals surface area contributed by atoms with Crippen LogP contribution >= 0.6 is 0 Å². The summed E-state index contributed by atoms with van der Waals surface area (Å²) in [5.74, 6) is 0.933. The first-order chi connectivity index (χ1) is 10.8. The molecule has 0 aliphatic carbocycles. The molecule has 2 heteroatoms. The molecule has 2 nitrogen and oxygen atoms in total. The van der Waals surface area contributed by atoms with E-state index in [0.29, 0.717) is 13.0 Å². The molecule has 0 aromatic heterocycles. The number of rotatable bonds is 13. The number of benzene rings is 1. The first kappa shape index (κ1) is 18.7. The van der Waals surface area contributed by atoms with E-state index < -0.39 is 0 Å². The van der Waals surface area contributed by atoms with Crippen LogP contribution in [0.25, 0.3) is 0 Å². The van der Waals surface area contributed by atoms with Crippen molar-refractivity contribution in [2.24, 2.45) is 0 Å². The Hall–Kier alpha value is -1.31. The normalized spacial score (nSPS) is 10.6. The van der Waals surface area contributed by atoms with Crippen LogP contribution in [-0.4, -0.2) is 12.4 Å². The molecule has 0 N–H and O–H groups in total. The lowest BCUT2D eigenvalue weighted by Crippen LogP contribution is -2.05. The molecule has 0 fully saturated rings. The van der Waals surface area contributed by atoms with Gasteiger partial charge < -0.3 is 4.74 Å². The molecule has 1 aromatic rings. The highest BCUT2D eigenvalue weighted by molar-refractivity contribution is 5.98. The monoisotopic (exact) mass is 303 g/mol. The van der Waals surface area contributed by atoms with E-state index in [4.69, 9.17) is 4.74 Å². The second kappa shape index (κ2) is 12.3. The van der Waals surface area contributed by atoms with E-state index in [-0.39, 0.29) is 5.78 Å². The van der Waals surface area contributed by atoms with Crippen LogP contribution in [0.5, 0.6) is 5.75 Å². The van der Waals surface area contributed by atoms with Crippen LogP contribution in [0.2, 0.25) is 0 Å². The molecule has 0 aliphatic rings. The molecule has 22 heavy (non-hydrogen) atoms. The standard InChI is InChI=1S/C20H31O2/c1-3-5-7-8-9-13-17-22-20-16-12-11-14-18(20)19(21)15-10-6-4-2/h11-12,14,16H,2-10,13,15,17H2,1H3. The molecule has 0 spiro atoms. The van der Waals surface area contributed by atoms with Gasteiger partial charge in [-0.05, 0) is 25.0 Å². The van der Waals surface area contributed by atoms with Crippen LogP contribution < -0.4 is 4.74 Å². The van der Waals surface area contributed by atoms with E-state index in [0.717, 1.165) is 37.0 Å². The van der Waals surface area contributed by atoms with Crippen molar-refractivity contribution < 1.29 is 9.53 Å². The summed E-state index contributed by atoms with van der Waals surface area (Å²) in [4.78, 5) is 12.2. The minimum absolute atomic E-state index is 0.187. The quantitative estimate of drug-likeness (QED) is 0.330. The largest absolute Gasteiger partial charge is 0.493 e. The van der Waals surface area contributed by atoms with Crippen molar-refractivity contribution in [1.82, 2.24) is 0 Å². The average molecular weight is 303 g/mol. The summed E-state index contributed by atoms with van der Waals surface area (Å²) in [7, 11) is 0. The zero-order chi connectivity index (χ0) is 16.0. The van der Waals surface area contributed by atoms with Gasteiger partial charge in [-0.15, -0.1) is 0 Å². The predicted molar refractivity (Wildman–Crippen MR) is 93.5 cm³/mol. The van der Waals surface area contributed by atoms with Gasteiger partial charge in [-0.2, -0.15) is 0 Å². The second-order valence-corrected chi connectivity index (χ2v) is 5.85. The maximum absolute atomic E-state index is 12.2. The summed E-state index contributed by atoms with van der Waals surface area (Å²) < 4.78 is 5.84. The zero-order valence-electron chi connectivity index (χ0n) is 14.1. The topological polar surface area (TPSA) is 26.3 Å². The third-order valence-corrected chi connectivity index (χ3v) is 3.85. The summed E-state index contributed by atoms with van der Waals surface area (Å²) >= 11 is 0. The predicted octanol–water partition coefficient (Wildman–Crippen LogP) is 6.00. The van der Waals surface area contributed by atoms with Crippen molar-refractivity contribution in [1.29, 1.82) is 0 Å². The molecule has 1 rings (SSSR count). The number of unbranched alkanes of at least 4 members (excludes halogenated alkanes) is 7. The van der Waals surface area contributed by atoms with Crippen molar-refractivity contribution in [3.8, 4) is 5.75 Å². The maximum Gasteiger partial charge on any atom is 0.166 e. The Balaban J connectivity index is 2.35. The van der Waals surface area contributed by atoms with Gasteiger partial charge in [0, 0.05) is 6.42 Å². The Bertz CT molecular complexity index is 412. The van der Waals surface area contributed by atoms with Gasteiger partial charge in [-0.25, -0.2) is 0 Å². The number of Topliss-reactive ketones (excluding diaryl/α,β-unsaturated/α-hetero) is 1. The van der Waals surface area contributed by atoms with Crippen LogP contribution in [0.15, 0.2) is 24.3 Å². The number of hydrogen-bond acceptors (Lipinski definition) is 2. The Morgan fingerprint density at radius 1 is 1.00 bits per heavy atom. The average Bonchev–Trinajstić information content (AvgIpc) is 2.54. The molecule has 0 saturated heterocycles. The summed E-state index contributed by atoms with van der Waals surface area (Å²) in [6.45, 7) is 6.75. The van der Waals surface area contributed by atoms with Crippen LogP contribution in [0.3, 0.4) is 0 Å². The highest BCUT2D eigenvalue weighted by Gasteiger charge is 2.11. The van der Waals surface area contributed by atoms with Crippen LogP contribution in [-0.2, 0) is 0 Å². The lowest BCUT2D eigenvalue weighted by Gasteiger charge is -2.10. The van der Waals surface area contributed by atoms with Gasteiger partial charge in [0.25, 0.3) is 0 Å². The van der Waals surface area contributed by atoms with Crippen LogP contribution in [0, 0.1) is 6.92 Å². The van der Waals surface area contributed by atoms with Crippen LogP contribution in [0.4, 0.5) is 0 Å². The van der Waals surface area contributed by atoms with Gasteiger partial charge >= 0.3 is 0 Å². The molecule has 0 amide bonds. The molecular formula is C20H31O2. The van der Waals surface area contributed by atoms with Crippen molar-refractivity contribution >= 4 is 5.78 Å². The lowest BCUT2D eigenvalue weighted by atomic mass is 10.0. The van der Waals surface area contributed by atoms with E-state index >= 15 is 0 Å². The van der Waals surface area contributed by atoms with E-state index in [2.05, 4.69) is 13.8 Å². The number of carbonyl (C=O) groups excluding carboxylic acids is 1. The van der Waals surface area contributed by atoms with Crippen LogP contribution in [0.1, 0.15) is 81.5 Å². The fourth-order valence-electron chi connectivity index (χ4n) is 2.48. The lowest BCUT2D eigenvalue weighted by molar-refractivity contribution is 0.0975. The third kappa shape index (κ3) is 7.63. The van der Waals surface area contributed by atoms with E-state index in [1.165, 1.54) is 32.1 Å². The first-order valence-electron chi connectivity index (χ1n) is 8.83. The molecule has 0 atom stereocenters. The summed E-state index contributed by atoms with van der Waals surface area (Å²) in [6, 6.07) is 7.63. The first-order valence-corrected chi connectivity index (χ1v) is 8.83. The van der Waals surface area contributed by atoms with E-state index in [9.17, 15) is 4.79 Å². The Morgan fingerprint density at radius 3 is 2.50 bits per heavy atom. The summed E-state index contributed by atoms with van der Waals surface area (Å²) in [5.41, 5.74) is 0.734. The number of carbonyl (C=O) groups is 1. The van der Waals surface area contributed by atoms with Gasteiger partial charge in [-0.3, -0.25) is 4.79 Å². The minimum Gasteiger partial charge on any atom is -0.493 e. The molecule has 1 aromatic carbocycles. The highest BCUT2D eigenvalue weighted by atomic mass is 16.5. The number of ketones is 1.